The molecule has 0 aliphatic heterocycles. The molecule has 7 heavy (non-hydrogen) atoms. The molecule has 0 saturated carbocycles. The van der Waals surface area contributed by atoms with E-state index in [1.807, 2.05) is 0 Å². The molecule has 0 fully saturated rings. The van der Waals surface area contributed by atoms with E-state index in [1.54, 1.807) is 0 Å². The minimum Gasteiger partial charge on any atom is -2.00 e. The van der Waals surface area contributed by atoms with E-state index in [0.29, 0.717) is 0 Å². The van der Waals surface area contributed by atoms with Gasteiger partial charge in [-0.05, 0) is 0 Å². The Morgan fingerprint density at radius 2 is 0.429 bits per heavy atom. The van der Waals surface area contributed by atoms with Gasteiger partial charge < -0.3 is 16.4 Å². The van der Waals surface area contributed by atoms with Crippen molar-refractivity contribution >= 4 is 0 Å². The van der Waals surface area contributed by atoms with Gasteiger partial charge in [-0.15, -0.1) is 0 Å². The molecule has 0 saturated heterocycles. The van der Waals surface area contributed by atoms with Crippen molar-refractivity contribution in [2.45, 2.75) is 0 Å². The van der Waals surface area contributed by atoms with Crippen LogP contribution in [0.15, 0.2) is 0 Å². The van der Waals surface area contributed by atoms with E-state index in [0.717, 1.165) is 0 Å². The van der Waals surface area contributed by atoms with E-state index in [2.05, 4.69) is 0 Å². The summed E-state index contributed by atoms with van der Waals surface area (Å²) < 4.78 is 0. The van der Waals surface area contributed by atoms with Crippen LogP contribution in [-0.4, -0.2) is 0 Å². The van der Waals surface area contributed by atoms with Gasteiger partial charge in [0.05, 0.1) is 0 Å². The topological polar surface area (TPSA) is 85.5 Å². The average molecular weight is 716 g/mol. The molecule has 0 aromatic rings. The van der Waals surface area contributed by atoms with Crippen molar-refractivity contribution in [2.75, 3.05) is 0 Å². The molecule has 2 radical (unpaired) electrons. The first-order chi connectivity index (χ1) is 0. The maximum absolute atomic E-state index is 0. The van der Waals surface area contributed by atoms with E-state index in [-0.39, 0.29) is 167 Å². The average Bonchev–Trinajstić information content (AvgIpc) is 0. The van der Waals surface area contributed by atoms with Gasteiger partial charge in [-0.1, -0.05) is 0 Å². The van der Waals surface area contributed by atoms with Crippen LogP contribution in [0.3, 0.4) is 0 Å². The van der Waals surface area contributed by atoms with Gasteiger partial charge in [0.2, 0.25) is 0 Å². The summed E-state index contributed by atoms with van der Waals surface area (Å²) in [6.07, 6.45) is 0. The van der Waals surface area contributed by atoms with E-state index in [9.17, 15) is 0 Å². The minimum atomic E-state index is 0. The fourth-order valence-electron chi connectivity index (χ4n) is 0. The Bertz CT molecular complexity index is 10.9. The van der Waals surface area contributed by atoms with Crippen molar-refractivity contribution in [2.24, 2.45) is 0 Å². The molecule has 0 aliphatic carbocycles. The molecule has 0 atom stereocenters. The van der Waals surface area contributed by atoms with Crippen LogP contribution >= 0.6 is 0 Å². The fraction of sp³-hybridized carbons (Fsp3) is 0. The molecule has 0 aromatic heterocycles. The van der Waals surface area contributed by atoms with Gasteiger partial charge in [-0.2, -0.15) is 0 Å². The first-order valence-corrected chi connectivity index (χ1v) is 0. The quantitative estimate of drug-likeness (QED) is 0.329. The van der Waals surface area contributed by atoms with Gasteiger partial charge in [0, 0.05) is 77.2 Å². The maximum Gasteiger partial charge on any atom is 3.00 e. The Balaban J connectivity index is 0. The Labute approximate surface area is 162 Å². The van der Waals surface area contributed by atoms with Crippen LogP contribution in [0.4, 0.5) is 0 Å². The normalized spacial score (nSPS) is 0. The smallest absolute Gasteiger partial charge is 2.00 e. The minimum absolute atomic E-state index is 0. The van der Waals surface area contributed by atoms with E-state index < -0.39 is 0 Å². The third-order valence-electron chi connectivity index (χ3n) is 0. The van der Waals surface area contributed by atoms with Crippen LogP contribution in [0, 0.1) is 151 Å². The van der Waals surface area contributed by atoms with Crippen molar-refractivity contribution < 1.29 is 167 Å². The molecule has 0 rings (SSSR count). The van der Waals surface area contributed by atoms with Crippen LogP contribution < -0.4 is 0 Å². The van der Waals surface area contributed by atoms with Gasteiger partial charge in [-0.25, -0.2) is 0 Å². The summed E-state index contributed by atoms with van der Waals surface area (Å²) in [5.74, 6) is 0. The summed E-state index contributed by atoms with van der Waals surface area (Å²) in [5.41, 5.74) is 0. The third kappa shape index (κ3) is 35.9. The second kappa shape index (κ2) is 44.4. The molecule has 66 valence electrons. The summed E-state index contributed by atoms with van der Waals surface area (Å²) >= 11 is 0. The molecule has 0 unspecified atom stereocenters. The molecule has 3 nitrogen and oxygen atoms in total. The van der Waals surface area contributed by atoms with Crippen molar-refractivity contribution in [3.05, 3.63) is 0 Å². The van der Waals surface area contributed by atoms with Crippen molar-refractivity contribution in [3.8, 4) is 0 Å². The molecule has 0 spiro atoms. The maximum atomic E-state index is 0. The van der Waals surface area contributed by atoms with Crippen LogP contribution in [0.5, 0.6) is 0 Å². The van der Waals surface area contributed by atoms with Crippen molar-refractivity contribution in [3.63, 3.8) is 0 Å². The molecule has 0 heterocycles. The molecule has 0 N–H and O–H groups in total. The first kappa shape index (κ1) is 58.7. The largest absolute Gasteiger partial charge is 3.00 e. The van der Waals surface area contributed by atoms with Gasteiger partial charge >= 0.3 is 73.7 Å². The molecule has 0 amide bonds. The Hall–Kier alpha value is 4.92. The summed E-state index contributed by atoms with van der Waals surface area (Å²) in [7, 11) is 0. The molecular formula is Lu2O3Tb2. The van der Waals surface area contributed by atoms with E-state index in [4.69, 9.17) is 0 Å². The van der Waals surface area contributed by atoms with Crippen LogP contribution in [0.2, 0.25) is 0 Å². The molecule has 0 bridgehead atoms. The fourth-order valence-corrected chi connectivity index (χ4v) is 0. The summed E-state index contributed by atoms with van der Waals surface area (Å²) in [6.45, 7) is 0. The molecule has 0 aromatic carbocycles. The van der Waals surface area contributed by atoms with Gasteiger partial charge in [-0.3, -0.25) is 0 Å². The predicted molar refractivity (Wildman–Crippen MR) is 2.06 cm³/mol. The van der Waals surface area contributed by atoms with Crippen molar-refractivity contribution in [1.82, 2.24) is 0 Å². The molecule has 0 aliphatic rings. The van der Waals surface area contributed by atoms with Crippen LogP contribution in [0.1, 0.15) is 0 Å². The standard InChI is InChI=1S/2Lu.3O.2Tb/q2*+3;3*-2;;. The van der Waals surface area contributed by atoms with E-state index >= 15 is 0 Å². The van der Waals surface area contributed by atoms with Crippen LogP contribution in [0.25, 0.3) is 0 Å². The Morgan fingerprint density at radius 3 is 0.429 bits per heavy atom. The monoisotopic (exact) mass is 716 g/mol. The molecular weight excluding hydrogens is 716 g/mol. The van der Waals surface area contributed by atoms with Crippen LogP contribution in [-0.2, 0) is 16.4 Å². The van der Waals surface area contributed by atoms with Gasteiger partial charge in [0.1, 0.15) is 0 Å². The Morgan fingerprint density at radius 1 is 0.429 bits per heavy atom. The molecule has 7 heteroatoms. The SMILES string of the molecule is [Lu+3].[Lu+3].[O-2].[O-2].[O-2].[Tb].[Tb]. The van der Waals surface area contributed by atoms with Gasteiger partial charge in [0.15, 0.2) is 0 Å². The zero-order valence-electron chi connectivity index (χ0n) is 2.41. The zero-order valence-corrected chi connectivity index (χ0v) is 10.00. The predicted octanol–water partition coefficient (Wildman–Crippen LogP) is -0.356. The number of hydrogen-bond acceptors (Lipinski definition) is 0. The summed E-state index contributed by atoms with van der Waals surface area (Å²) in [6, 6.07) is 0. The summed E-state index contributed by atoms with van der Waals surface area (Å²) in [5, 5.41) is 0. The number of rotatable bonds is 0. The Kier molecular flexibility index (Phi) is 372. The number of hydrogen-bond donors (Lipinski definition) is 0. The van der Waals surface area contributed by atoms with E-state index in [1.165, 1.54) is 0 Å². The first-order valence-electron chi connectivity index (χ1n) is 0. The van der Waals surface area contributed by atoms with Gasteiger partial charge in [0.25, 0.3) is 0 Å². The second-order valence-electron chi connectivity index (χ2n) is 0. The third-order valence-corrected chi connectivity index (χ3v) is 0. The van der Waals surface area contributed by atoms with Crippen molar-refractivity contribution in [1.29, 1.82) is 0 Å². The zero-order chi connectivity index (χ0) is 0. The summed E-state index contributed by atoms with van der Waals surface area (Å²) in [4.78, 5) is 0. The second-order valence-corrected chi connectivity index (χ2v) is 0.